The second-order valence-corrected chi connectivity index (χ2v) is 7.33. The third kappa shape index (κ3) is 7.36. The van der Waals surface area contributed by atoms with Crippen LogP contribution < -0.4 is 5.32 Å². The maximum Gasteiger partial charge on any atom is 0.323 e. The van der Waals surface area contributed by atoms with Crippen LogP contribution in [-0.4, -0.2) is 40.1 Å². The van der Waals surface area contributed by atoms with Gasteiger partial charge in [-0.05, 0) is 39.0 Å². The standard InChI is InChI=1S/C15H30N2O3/c1-8-11(2)17(9-12(18)19)13(20)16-15(6,7)10-14(3,4)5/h11H,8-10H2,1-7H3,(H,16,20)(H,18,19). The molecule has 0 spiro atoms. The number of hydrogen-bond donors (Lipinski definition) is 2. The summed E-state index contributed by atoms with van der Waals surface area (Å²) >= 11 is 0. The molecule has 5 heteroatoms. The minimum atomic E-state index is -0.992. The maximum atomic E-state index is 12.3. The third-order valence-electron chi connectivity index (χ3n) is 3.11. The number of nitrogens with zero attached hydrogens (tertiary/aromatic N) is 1. The van der Waals surface area contributed by atoms with Crippen LogP contribution in [0.4, 0.5) is 4.79 Å². The van der Waals surface area contributed by atoms with Crippen molar-refractivity contribution in [3.63, 3.8) is 0 Å². The number of carbonyl (C=O) groups excluding carboxylic acids is 1. The van der Waals surface area contributed by atoms with Crippen molar-refractivity contribution in [2.75, 3.05) is 6.54 Å². The molecule has 118 valence electrons. The van der Waals surface area contributed by atoms with E-state index >= 15 is 0 Å². The van der Waals surface area contributed by atoms with Crippen molar-refractivity contribution in [1.29, 1.82) is 0 Å². The maximum absolute atomic E-state index is 12.3. The quantitative estimate of drug-likeness (QED) is 0.788. The smallest absolute Gasteiger partial charge is 0.323 e. The molecule has 5 nitrogen and oxygen atoms in total. The molecule has 20 heavy (non-hydrogen) atoms. The topological polar surface area (TPSA) is 69.6 Å². The molecule has 2 N–H and O–H groups in total. The number of carboxylic acid groups (broad SMARTS) is 1. The summed E-state index contributed by atoms with van der Waals surface area (Å²) in [4.78, 5) is 24.6. The van der Waals surface area contributed by atoms with E-state index in [-0.39, 0.29) is 29.6 Å². The van der Waals surface area contributed by atoms with E-state index in [1.807, 2.05) is 27.7 Å². The van der Waals surface area contributed by atoms with E-state index < -0.39 is 5.97 Å². The van der Waals surface area contributed by atoms with E-state index in [9.17, 15) is 9.59 Å². The average molecular weight is 286 g/mol. The minimum Gasteiger partial charge on any atom is -0.480 e. The molecule has 0 saturated carbocycles. The van der Waals surface area contributed by atoms with Crippen LogP contribution in [0.2, 0.25) is 0 Å². The summed E-state index contributed by atoms with van der Waals surface area (Å²) in [6.07, 6.45) is 1.54. The van der Waals surface area contributed by atoms with Crippen LogP contribution in [0.3, 0.4) is 0 Å². The van der Waals surface area contributed by atoms with Crippen LogP contribution >= 0.6 is 0 Å². The van der Waals surface area contributed by atoms with Gasteiger partial charge in [-0.15, -0.1) is 0 Å². The molecule has 0 bridgehead atoms. The van der Waals surface area contributed by atoms with E-state index in [1.165, 1.54) is 4.90 Å². The van der Waals surface area contributed by atoms with Crippen LogP contribution in [0.5, 0.6) is 0 Å². The van der Waals surface area contributed by atoms with Crippen LogP contribution in [-0.2, 0) is 4.79 Å². The highest BCUT2D eigenvalue weighted by Gasteiger charge is 2.30. The van der Waals surface area contributed by atoms with Gasteiger partial charge in [-0.25, -0.2) is 4.79 Å². The van der Waals surface area contributed by atoms with Gasteiger partial charge >= 0.3 is 12.0 Å². The average Bonchev–Trinajstić information content (AvgIpc) is 2.20. The minimum absolute atomic E-state index is 0.0881. The Hall–Kier alpha value is -1.26. The molecule has 0 heterocycles. The highest BCUT2D eigenvalue weighted by Crippen LogP contribution is 2.27. The van der Waals surface area contributed by atoms with Crippen LogP contribution in [0, 0.1) is 5.41 Å². The van der Waals surface area contributed by atoms with Crippen molar-refractivity contribution in [3.05, 3.63) is 0 Å². The predicted octanol–water partition coefficient (Wildman–Crippen LogP) is 3.10. The fourth-order valence-corrected chi connectivity index (χ4v) is 2.53. The molecule has 1 unspecified atom stereocenters. The fourth-order valence-electron chi connectivity index (χ4n) is 2.53. The molecule has 0 radical (unpaired) electrons. The normalized spacial score (nSPS) is 13.8. The number of hydrogen-bond acceptors (Lipinski definition) is 2. The Morgan fingerprint density at radius 2 is 1.70 bits per heavy atom. The van der Waals surface area contributed by atoms with Crippen molar-refractivity contribution >= 4 is 12.0 Å². The highest BCUT2D eigenvalue weighted by molar-refractivity contribution is 5.80. The van der Waals surface area contributed by atoms with E-state index in [0.29, 0.717) is 0 Å². The van der Waals surface area contributed by atoms with E-state index in [4.69, 9.17) is 5.11 Å². The monoisotopic (exact) mass is 286 g/mol. The van der Waals surface area contributed by atoms with Crippen molar-refractivity contribution in [2.24, 2.45) is 5.41 Å². The van der Waals surface area contributed by atoms with Gasteiger partial charge in [0.15, 0.2) is 0 Å². The molecule has 0 aliphatic carbocycles. The molecule has 1 atom stereocenters. The molecule has 0 aromatic carbocycles. The zero-order valence-corrected chi connectivity index (χ0v) is 13.9. The first kappa shape index (κ1) is 18.7. The Labute approximate surface area is 122 Å². The lowest BCUT2D eigenvalue weighted by atomic mass is 9.82. The van der Waals surface area contributed by atoms with Gasteiger partial charge in [0.1, 0.15) is 6.54 Å². The number of urea groups is 1. The molecule has 0 fully saturated rings. The van der Waals surface area contributed by atoms with Gasteiger partial charge in [0.05, 0.1) is 0 Å². The summed E-state index contributed by atoms with van der Waals surface area (Å²) in [6, 6.07) is -0.410. The molecule has 0 aromatic rings. The first-order valence-corrected chi connectivity index (χ1v) is 7.18. The summed E-state index contributed by atoms with van der Waals surface area (Å²) in [7, 11) is 0. The largest absolute Gasteiger partial charge is 0.480 e. The number of nitrogens with one attached hydrogen (secondary N) is 1. The SMILES string of the molecule is CCC(C)N(CC(=O)O)C(=O)NC(C)(C)CC(C)(C)C. The van der Waals surface area contributed by atoms with E-state index in [2.05, 4.69) is 26.1 Å². The summed E-state index contributed by atoms with van der Waals surface area (Å²) in [5.74, 6) is -0.992. The summed E-state index contributed by atoms with van der Waals surface area (Å²) < 4.78 is 0. The number of amides is 2. The van der Waals surface area contributed by atoms with Crippen LogP contribution in [0.15, 0.2) is 0 Å². The van der Waals surface area contributed by atoms with Gasteiger partial charge in [0.25, 0.3) is 0 Å². The lowest BCUT2D eigenvalue weighted by molar-refractivity contribution is -0.138. The Bertz CT molecular complexity index is 346. The van der Waals surface area contributed by atoms with Gasteiger partial charge in [-0.3, -0.25) is 4.79 Å². The molecule has 0 rings (SSSR count). The van der Waals surface area contributed by atoms with E-state index in [0.717, 1.165) is 12.8 Å². The van der Waals surface area contributed by atoms with Crippen molar-refractivity contribution in [2.45, 2.75) is 72.9 Å². The number of rotatable bonds is 6. The Kier molecular flexibility index (Phi) is 6.51. The number of carboxylic acids is 1. The van der Waals surface area contributed by atoms with Gasteiger partial charge in [0, 0.05) is 11.6 Å². The first-order valence-electron chi connectivity index (χ1n) is 7.18. The van der Waals surface area contributed by atoms with Gasteiger partial charge in [-0.2, -0.15) is 0 Å². The van der Waals surface area contributed by atoms with Gasteiger partial charge in [-0.1, -0.05) is 27.7 Å². The fraction of sp³-hybridized carbons (Fsp3) is 0.867. The van der Waals surface area contributed by atoms with Gasteiger partial charge < -0.3 is 15.3 Å². The lowest BCUT2D eigenvalue weighted by Gasteiger charge is -2.36. The van der Waals surface area contributed by atoms with E-state index in [1.54, 1.807) is 0 Å². The molecule has 0 aromatic heterocycles. The van der Waals surface area contributed by atoms with Gasteiger partial charge in [0.2, 0.25) is 0 Å². The number of aliphatic carboxylic acids is 1. The summed E-state index contributed by atoms with van der Waals surface area (Å²) in [5.41, 5.74) is -0.287. The van der Waals surface area contributed by atoms with Crippen molar-refractivity contribution in [3.8, 4) is 0 Å². The van der Waals surface area contributed by atoms with Crippen LogP contribution in [0.25, 0.3) is 0 Å². The van der Waals surface area contributed by atoms with Crippen molar-refractivity contribution < 1.29 is 14.7 Å². The second-order valence-electron chi connectivity index (χ2n) is 7.33. The molecular formula is C15H30N2O3. The number of carbonyl (C=O) groups is 2. The third-order valence-corrected chi connectivity index (χ3v) is 3.11. The Balaban J connectivity index is 4.87. The zero-order valence-electron chi connectivity index (χ0n) is 13.9. The second kappa shape index (κ2) is 6.95. The lowest BCUT2D eigenvalue weighted by Crippen LogP contribution is -2.54. The van der Waals surface area contributed by atoms with Crippen molar-refractivity contribution in [1.82, 2.24) is 10.2 Å². The Morgan fingerprint density at radius 3 is 2.05 bits per heavy atom. The molecule has 0 aliphatic heterocycles. The highest BCUT2D eigenvalue weighted by atomic mass is 16.4. The molecule has 2 amide bonds. The summed E-state index contributed by atoms with van der Waals surface area (Å²) in [6.45, 7) is 13.8. The Morgan fingerprint density at radius 1 is 1.20 bits per heavy atom. The predicted molar refractivity (Wildman–Crippen MR) is 80.8 cm³/mol. The molecular weight excluding hydrogens is 256 g/mol. The summed E-state index contributed by atoms with van der Waals surface area (Å²) in [5, 5.41) is 11.9. The molecule has 0 saturated heterocycles. The zero-order chi connectivity index (χ0) is 16.1. The first-order chi connectivity index (χ1) is 8.88. The molecule has 0 aliphatic rings. The van der Waals surface area contributed by atoms with Crippen LogP contribution in [0.1, 0.15) is 61.3 Å².